The number of esters is 1. The SMILES string of the molecule is COC(=O)C1=C(C)N(c2cc(C)cc(C)c2)C(=O)/C1=C\c1ccccc1C(F)(F)F. The number of benzene rings is 2. The third kappa shape index (κ3) is 3.87. The van der Waals surface area contributed by atoms with Crippen LogP contribution in [0.3, 0.4) is 0 Å². The van der Waals surface area contributed by atoms with Gasteiger partial charge in [-0.05, 0) is 61.7 Å². The number of nitrogens with zero attached hydrogens (tertiary/aromatic N) is 1. The number of methoxy groups -OCH3 is 1. The third-order valence-corrected chi connectivity index (χ3v) is 4.82. The number of amides is 1. The van der Waals surface area contributed by atoms with Crippen molar-refractivity contribution in [2.75, 3.05) is 12.0 Å². The number of aryl methyl sites for hydroxylation is 2. The molecule has 1 aliphatic rings. The molecule has 0 bridgehead atoms. The summed E-state index contributed by atoms with van der Waals surface area (Å²) in [7, 11) is 1.16. The van der Waals surface area contributed by atoms with E-state index in [4.69, 9.17) is 4.74 Å². The molecule has 0 N–H and O–H groups in total. The number of anilines is 1. The highest BCUT2D eigenvalue weighted by atomic mass is 19.4. The normalized spacial score (nSPS) is 15.9. The van der Waals surface area contributed by atoms with Gasteiger partial charge in [0, 0.05) is 11.4 Å². The minimum atomic E-state index is -4.60. The van der Waals surface area contributed by atoms with Crippen molar-refractivity contribution in [2.45, 2.75) is 26.9 Å². The van der Waals surface area contributed by atoms with Gasteiger partial charge >= 0.3 is 12.1 Å². The summed E-state index contributed by atoms with van der Waals surface area (Å²) in [5.41, 5.74) is 1.35. The fraction of sp³-hybridized carbons (Fsp3) is 0.217. The van der Waals surface area contributed by atoms with E-state index in [0.717, 1.165) is 30.4 Å². The van der Waals surface area contributed by atoms with Crippen LogP contribution >= 0.6 is 0 Å². The fourth-order valence-corrected chi connectivity index (χ4v) is 3.61. The van der Waals surface area contributed by atoms with E-state index in [1.165, 1.54) is 23.1 Å². The zero-order chi connectivity index (χ0) is 22.2. The van der Waals surface area contributed by atoms with Crippen LogP contribution in [0, 0.1) is 13.8 Å². The molecule has 156 valence electrons. The molecule has 0 radical (unpaired) electrons. The number of ether oxygens (including phenoxy) is 1. The van der Waals surface area contributed by atoms with E-state index in [1.807, 2.05) is 19.9 Å². The van der Waals surface area contributed by atoms with Crippen LogP contribution in [-0.2, 0) is 20.5 Å². The Morgan fingerprint density at radius 2 is 1.63 bits per heavy atom. The maximum Gasteiger partial charge on any atom is 0.416 e. The van der Waals surface area contributed by atoms with Gasteiger partial charge in [0.2, 0.25) is 0 Å². The van der Waals surface area contributed by atoms with E-state index in [0.29, 0.717) is 11.4 Å². The predicted octanol–water partition coefficient (Wildman–Crippen LogP) is 5.20. The van der Waals surface area contributed by atoms with Crippen LogP contribution < -0.4 is 4.90 Å². The second kappa shape index (κ2) is 7.82. The number of halogens is 3. The molecule has 4 nitrogen and oxygen atoms in total. The van der Waals surface area contributed by atoms with Gasteiger partial charge in [0.25, 0.3) is 5.91 Å². The van der Waals surface area contributed by atoms with Gasteiger partial charge in [0.1, 0.15) is 0 Å². The summed E-state index contributed by atoms with van der Waals surface area (Å²) in [4.78, 5) is 27.0. The molecular formula is C23H20F3NO3. The lowest BCUT2D eigenvalue weighted by Gasteiger charge is -2.19. The van der Waals surface area contributed by atoms with Crippen LogP contribution in [0.4, 0.5) is 18.9 Å². The Balaban J connectivity index is 2.22. The molecule has 7 heteroatoms. The summed E-state index contributed by atoms with van der Waals surface area (Å²) < 4.78 is 45.1. The van der Waals surface area contributed by atoms with Crippen molar-refractivity contribution in [3.63, 3.8) is 0 Å². The quantitative estimate of drug-likeness (QED) is 0.511. The zero-order valence-corrected chi connectivity index (χ0v) is 16.9. The van der Waals surface area contributed by atoms with Crippen molar-refractivity contribution in [1.82, 2.24) is 0 Å². The Kier molecular flexibility index (Phi) is 5.57. The summed E-state index contributed by atoms with van der Waals surface area (Å²) in [6, 6.07) is 10.4. The van der Waals surface area contributed by atoms with Gasteiger partial charge in [-0.3, -0.25) is 9.69 Å². The van der Waals surface area contributed by atoms with E-state index in [1.54, 1.807) is 19.1 Å². The van der Waals surface area contributed by atoms with Crippen molar-refractivity contribution in [1.29, 1.82) is 0 Å². The van der Waals surface area contributed by atoms with E-state index < -0.39 is 23.6 Å². The summed E-state index contributed by atoms with van der Waals surface area (Å²) >= 11 is 0. The number of alkyl halides is 3. The first kappa shape index (κ1) is 21.4. The first-order valence-corrected chi connectivity index (χ1v) is 9.15. The summed E-state index contributed by atoms with van der Waals surface area (Å²) in [5, 5.41) is 0. The van der Waals surface area contributed by atoms with Gasteiger partial charge in [0.05, 0.1) is 23.8 Å². The molecule has 2 aromatic rings. The molecular weight excluding hydrogens is 395 g/mol. The van der Waals surface area contributed by atoms with E-state index in [-0.39, 0.29) is 16.7 Å². The molecule has 0 unspecified atom stereocenters. The molecule has 1 aliphatic heterocycles. The Bertz CT molecular complexity index is 1080. The van der Waals surface area contributed by atoms with Gasteiger partial charge in [-0.25, -0.2) is 4.79 Å². The first-order chi connectivity index (χ1) is 14.0. The lowest BCUT2D eigenvalue weighted by Crippen LogP contribution is -2.24. The van der Waals surface area contributed by atoms with Crippen LogP contribution in [0.1, 0.15) is 29.2 Å². The van der Waals surface area contributed by atoms with Gasteiger partial charge < -0.3 is 4.74 Å². The third-order valence-electron chi connectivity index (χ3n) is 4.82. The number of carbonyl (C=O) groups is 2. The van der Waals surface area contributed by atoms with Crippen molar-refractivity contribution in [3.8, 4) is 0 Å². The average Bonchev–Trinajstić information content (AvgIpc) is 2.90. The Morgan fingerprint density at radius 1 is 1.03 bits per heavy atom. The predicted molar refractivity (Wildman–Crippen MR) is 108 cm³/mol. The largest absolute Gasteiger partial charge is 0.465 e. The van der Waals surface area contributed by atoms with Crippen molar-refractivity contribution in [3.05, 3.63) is 81.6 Å². The molecule has 0 aromatic heterocycles. The molecule has 2 aromatic carbocycles. The van der Waals surface area contributed by atoms with E-state index in [9.17, 15) is 22.8 Å². The van der Waals surface area contributed by atoms with Crippen LogP contribution in [-0.4, -0.2) is 19.0 Å². The lowest BCUT2D eigenvalue weighted by atomic mass is 10.00. The van der Waals surface area contributed by atoms with Crippen molar-refractivity contribution >= 4 is 23.6 Å². The maximum atomic E-state index is 13.4. The second-order valence-corrected chi connectivity index (χ2v) is 7.08. The maximum absolute atomic E-state index is 13.4. The smallest absolute Gasteiger partial charge is 0.416 e. The highest BCUT2D eigenvalue weighted by Crippen LogP contribution is 2.38. The van der Waals surface area contributed by atoms with Gasteiger partial charge in [-0.1, -0.05) is 24.3 Å². The highest BCUT2D eigenvalue weighted by molar-refractivity contribution is 6.23. The minimum absolute atomic E-state index is 0.0568. The van der Waals surface area contributed by atoms with Gasteiger partial charge in [0.15, 0.2) is 0 Å². The molecule has 3 rings (SSSR count). The molecule has 0 saturated carbocycles. The average molecular weight is 415 g/mol. The van der Waals surface area contributed by atoms with Crippen molar-refractivity contribution in [2.24, 2.45) is 0 Å². The summed E-state index contributed by atoms with van der Waals surface area (Å²) in [6.45, 7) is 5.31. The lowest BCUT2D eigenvalue weighted by molar-refractivity contribution is -0.138. The molecule has 0 spiro atoms. The molecule has 0 fully saturated rings. The molecule has 0 aliphatic carbocycles. The van der Waals surface area contributed by atoms with Crippen LogP contribution in [0.15, 0.2) is 59.3 Å². The minimum Gasteiger partial charge on any atom is -0.465 e. The Labute approximate surface area is 172 Å². The van der Waals surface area contributed by atoms with Gasteiger partial charge in [-0.2, -0.15) is 13.2 Å². The second-order valence-electron chi connectivity index (χ2n) is 7.08. The van der Waals surface area contributed by atoms with Crippen LogP contribution in [0.2, 0.25) is 0 Å². The number of hydrogen-bond acceptors (Lipinski definition) is 3. The number of allylic oxidation sites excluding steroid dienone is 1. The van der Waals surface area contributed by atoms with E-state index in [2.05, 4.69) is 0 Å². The topological polar surface area (TPSA) is 46.6 Å². The summed E-state index contributed by atoms with van der Waals surface area (Å²) in [5.74, 6) is -1.38. The number of hydrogen-bond donors (Lipinski definition) is 0. The molecule has 1 amide bonds. The molecule has 0 saturated heterocycles. The van der Waals surface area contributed by atoms with Crippen molar-refractivity contribution < 1.29 is 27.5 Å². The zero-order valence-electron chi connectivity index (χ0n) is 16.9. The standard InChI is InChI=1S/C23H20F3NO3/c1-13-9-14(2)11-17(10-13)27-15(3)20(22(29)30-4)18(21(27)28)12-16-7-5-6-8-19(16)23(24,25)26/h5-12H,1-4H3/b18-12-. The highest BCUT2D eigenvalue weighted by Gasteiger charge is 2.39. The number of rotatable bonds is 3. The van der Waals surface area contributed by atoms with E-state index >= 15 is 0 Å². The Morgan fingerprint density at radius 3 is 2.20 bits per heavy atom. The summed E-state index contributed by atoms with van der Waals surface area (Å²) in [6.07, 6.45) is -3.50. The fourth-order valence-electron chi connectivity index (χ4n) is 3.61. The van der Waals surface area contributed by atoms with Gasteiger partial charge in [-0.15, -0.1) is 0 Å². The number of carbonyl (C=O) groups excluding carboxylic acids is 2. The molecule has 30 heavy (non-hydrogen) atoms. The van der Waals surface area contributed by atoms with Crippen LogP contribution in [0.25, 0.3) is 6.08 Å². The monoisotopic (exact) mass is 415 g/mol. The molecule has 1 heterocycles. The molecule has 0 atom stereocenters. The first-order valence-electron chi connectivity index (χ1n) is 9.15. The van der Waals surface area contributed by atoms with Crippen LogP contribution in [0.5, 0.6) is 0 Å². The Hall–Kier alpha value is -3.35.